The van der Waals surface area contributed by atoms with Crippen molar-refractivity contribution in [3.63, 3.8) is 0 Å². The highest BCUT2D eigenvalue weighted by atomic mass is 32.1. The van der Waals surface area contributed by atoms with Crippen LogP contribution in [0.15, 0.2) is 29.3 Å². The monoisotopic (exact) mass is 365 g/mol. The summed E-state index contributed by atoms with van der Waals surface area (Å²) in [5, 5.41) is 10.5. The number of hydrogen-bond acceptors (Lipinski definition) is 4. The fraction of sp³-hybridized carbons (Fsp3) is 0.455. The molecule has 0 saturated heterocycles. The fourth-order valence-corrected chi connectivity index (χ4v) is 4.73. The molecule has 26 heavy (non-hydrogen) atoms. The van der Waals surface area contributed by atoms with Gasteiger partial charge in [0.2, 0.25) is 0 Å². The molecule has 4 heteroatoms. The smallest absolute Gasteiger partial charge is 0.134 e. The van der Waals surface area contributed by atoms with E-state index in [-0.39, 0.29) is 0 Å². The molecule has 1 aromatic heterocycles. The Morgan fingerprint density at radius 2 is 1.92 bits per heavy atom. The van der Waals surface area contributed by atoms with Gasteiger partial charge in [-0.2, -0.15) is 5.26 Å². The van der Waals surface area contributed by atoms with Crippen molar-refractivity contribution in [1.82, 2.24) is 0 Å². The maximum absolute atomic E-state index is 9.66. The molecule has 0 spiro atoms. The van der Waals surface area contributed by atoms with Gasteiger partial charge in [-0.15, -0.1) is 11.3 Å². The third kappa shape index (κ3) is 3.83. The lowest BCUT2D eigenvalue weighted by Gasteiger charge is -2.33. The molecular weight excluding hydrogens is 338 g/mol. The van der Waals surface area contributed by atoms with Crippen molar-refractivity contribution in [3.8, 4) is 6.07 Å². The molecule has 0 N–H and O–H groups in total. The Labute approximate surface area is 161 Å². The van der Waals surface area contributed by atoms with Crippen LogP contribution in [0.1, 0.15) is 48.8 Å². The second-order valence-corrected chi connectivity index (χ2v) is 9.43. The Bertz CT molecular complexity index is 845. The van der Waals surface area contributed by atoms with Crippen molar-refractivity contribution in [1.29, 1.82) is 5.26 Å². The summed E-state index contributed by atoms with van der Waals surface area (Å²) in [6, 6.07) is 10.7. The molecule has 3 rings (SSSR count). The van der Waals surface area contributed by atoms with Gasteiger partial charge in [0.25, 0.3) is 0 Å². The Morgan fingerprint density at radius 1 is 1.23 bits per heavy atom. The third-order valence-corrected chi connectivity index (χ3v) is 6.49. The van der Waals surface area contributed by atoms with E-state index in [4.69, 9.17) is 0 Å². The first kappa shape index (κ1) is 18.7. The van der Waals surface area contributed by atoms with Crippen molar-refractivity contribution in [2.24, 2.45) is 16.3 Å². The zero-order valence-electron chi connectivity index (χ0n) is 16.3. The van der Waals surface area contributed by atoms with E-state index in [1.54, 1.807) is 11.3 Å². The lowest BCUT2D eigenvalue weighted by molar-refractivity contribution is 0.218. The molecule has 2 aromatic rings. The minimum absolute atomic E-state index is 0.312. The summed E-state index contributed by atoms with van der Waals surface area (Å²) < 4.78 is 0. The van der Waals surface area contributed by atoms with Gasteiger partial charge in [0.1, 0.15) is 11.1 Å². The minimum Gasteiger partial charge on any atom is -0.378 e. The van der Waals surface area contributed by atoms with Gasteiger partial charge in [0, 0.05) is 30.9 Å². The van der Waals surface area contributed by atoms with Gasteiger partial charge in [-0.25, -0.2) is 4.99 Å². The van der Waals surface area contributed by atoms with Crippen LogP contribution in [0.25, 0.3) is 0 Å². The number of hydrogen-bond donors (Lipinski definition) is 0. The van der Waals surface area contributed by atoms with E-state index in [1.807, 2.05) is 20.3 Å². The molecule has 1 aliphatic rings. The first-order valence-corrected chi connectivity index (χ1v) is 9.97. The molecular formula is C22H27N3S. The number of aliphatic imine (C=N–C) groups is 1. The third-order valence-electron chi connectivity index (χ3n) is 5.32. The van der Waals surface area contributed by atoms with E-state index in [0.29, 0.717) is 11.3 Å². The minimum atomic E-state index is 0.312. The summed E-state index contributed by atoms with van der Waals surface area (Å²) in [6.45, 7) is 6.95. The van der Waals surface area contributed by atoms with Gasteiger partial charge in [-0.3, -0.25) is 0 Å². The van der Waals surface area contributed by atoms with Gasteiger partial charge in [0.05, 0.1) is 5.56 Å². The summed E-state index contributed by atoms with van der Waals surface area (Å²) >= 11 is 1.71. The maximum atomic E-state index is 9.66. The number of benzene rings is 1. The summed E-state index contributed by atoms with van der Waals surface area (Å²) in [4.78, 5) is 8.11. The van der Waals surface area contributed by atoms with E-state index in [0.717, 1.165) is 35.4 Å². The molecule has 3 nitrogen and oxygen atoms in total. The van der Waals surface area contributed by atoms with Crippen molar-refractivity contribution in [3.05, 3.63) is 45.8 Å². The molecule has 0 aliphatic heterocycles. The quantitative estimate of drug-likeness (QED) is 0.665. The van der Waals surface area contributed by atoms with Crippen molar-refractivity contribution in [2.75, 3.05) is 19.0 Å². The van der Waals surface area contributed by atoms with Crippen LogP contribution in [0.4, 0.5) is 10.7 Å². The maximum Gasteiger partial charge on any atom is 0.134 e. The van der Waals surface area contributed by atoms with Gasteiger partial charge in [0.15, 0.2) is 0 Å². The molecule has 1 aromatic carbocycles. The normalized spacial score (nSPS) is 17.2. The SMILES string of the molecule is CN(C)c1ccc(/C=N/c2sc3c(c2C#N)CCC(C(C)(C)C)C3)cc1. The Balaban J connectivity index is 1.85. The van der Waals surface area contributed by atoms with Crippen LogP contribution >= 0.6 is 11.3 Å². The molecule has 0 bridgehead atoms. The molecule has 1 heterocycles. The lowest BCUT2D eigenvalue weighted by atomic mass is 9.72. The Hall–Kier alpha value is -2.12. The first-order chi connectivity index (χ1) is 12.3. The number of nitrogens with zero attached hydrogens (tertiary/aromatic N) is 3. The highest BCUT2D eigenvalue weighted by Gasteiger charge is 2.32. The highest BCUT2D eigenvalue weighted by molar-refractivity contribution is 7.16. The molecule has 136 valence electrons. The van der Waals surface area contributed by atoms with Crippen LogP contribution in [-0.2, 0) is 12.8 Å². The molecule has 1 aliphatic carbocycles. The topological polar surface area (TPSA) is 39.4 Å². The lowest BCUT2D eigenvalue weighted by Crippen LogP contribution is -2.26. The zero-order valence-corrected chi connectivity index (χ0v) is 17.2. The van der Waals surface area contributed by atoms with Gasteiger partial charge in [-0.05, 0) is 53.9 Å². The summed E-state index contributed by atoms with van der Waals surface area (Å²) in [5.74, 6) is 0.676. The number of fused-ring (bicyclic) bond motifs is 1. The average Bonchev–Trinajstić information content (AvgIpc) is 2.96. The average molecular weight is 366 g/mol. The van der Waals surface area contributed by atoms with E-state index in [2.05, 4.69) is 61.0 Å². The van der Waals surface area contributed by atoms with Crippen LogP contribution in [0.2, 0.25) is 0 Å². The van der Waals surface area contributed by atoms with E-state index in [1.165, 1.54) is 16.1 Å². The highest BCUT2D eigenvalue weighted by Crippen LogP contribution is 2.44. The van der Waals surface area contributed by atoms with Crippen LogP contribution in [0, 0.1) is 22.7 Å². The van der Waals surface area contributed by atoms with E-state index in [9.17, 15) is 5.26 Å². The van der Waals surface area contributed by atoms with Crippen LogP contribution in [-0.4, -0.2) is 20.3 Å². The molecule has 0 radical (unpaired) electrons. The number of nitriles is 1. The molecule has 0 fully saturated rings. The van der Waals surface area contributed by atoms with Gasteiger partial charge < -0.3 is 4.90 Å². The largest absolute Gasteiger partial charge is 0.378 e. The van der Waals surface area contributed by atoms with Crippen LogP contribution in [0.5, 0.6) is 0 Å². The van der Waals surface area contributed by atoms with Crippen LogP contribution < -0.4 is 4.90 Å². The Kier molecular flexibility index (Phi) is 5.20. The van der Waals surface area contributed by atoms with E-state index >= 15 is 0 Å². The van der Waals surface area contributed by atoms with Crippen molar-refractivity contribution in [2.45, 2.75) is 40.0 Å². The number of rotatable bonds is 3. The zero-order chi connectivity index (χ0) is 18.9. The molecule has 1 unspecified atom stereocenters. The van der Waals surface area contributed by atoms with Crippen LogP contribution in [0.3, 0.4) is 0 Å². The van der Waals surface area contributed by atoms with Gasteiger partial charge >= 0.3 is 0 Å². The number of anilines is 1. The standard InChI is InChI=1S/C22H27N3S/c1-22(2,3)16-8-11-18-19(13-23)21(26-20(18)12-16)24-14-15-6-9-17(10-7-15)25(4)5/h6-7,9-10,14,16H,8,11-12H2,1-5H3/b24-14+. The second kappa shape index (κ2) is 7.25. The second-order valence-electron chi connectivity index (χ2n) is 8.35. The summed E-state index contributed by atoms with van der Waals surface area (Å²) in [7, 11) is 4.06. The molecule has 0 amide bonds. The van der Waals surface area contributed by atoms with Crippen molar-refractivity contribution < 1.29 is 0 Å². The molecule has 1 atom stereocenters. The summed E-state index contributed by atoms with van der Waals surface area (Å²) in [5.41, 5.74) is 4.57. The first-order valence-electron chi connectivity index (χ1n) is 9.15. The van der Waals surface area contributed by atoms with E-state index < -0.39 is 0 Å². The predicted octanol–water partition coefficient (Wildman–Crippen LogP) is 5.59. The van der Waals surface area contributed by atoms with Crippen molar-refractivity contribution >= 4 is 28.2 Å². The predicted molar refractivity (Wildman–Crippen MR) is 112 cm³/mol. The Morgan fingerprint density at radius 3 is 2.50 bits per heavy atom. The molecule has 0 saturated carbocycles. The fourth-order valence-electron chi connectivity index (χ4n) is 3.51. The van der Waals surface area contributed by atoms with Gasteiger partial charge in [-0.1, -0.05) is 32.9 Å². The number of thiophene rings is 1. The summed E-state index contributed by atoms with van der Waals surface area (Å²) in [6.07, 6.45) is 5.12.